The van der Waals surface area contributed by atoms with Crippen molar-refractivity contribution < 1.29 is 13.2 Å². The van der Waals surface area contributed by atoms with Crippen molar-refractivity contribution in [2.75, 3.05) is 10.6 Å². The second-order valence-corrected chi connectivity index (χ2v) is 5.96. The average Bonchev–Trinajstić information content (AvgIpc) is 3.47. The van der Waals surface area contributed by atoms with Crippen LogP contribution in [0.25, 0.3) is 11.3 Å². The van der Waals surface area contributed by atoms with E-state index in [2.05, 4.69) is 25.6 Å². The van der Waals surface area contributed by atoms with Crippen molar-refractivity contribution in [1.82, 2.24) is 15.0 Å². The van der Waals surface area contributed by atoms with E-state index in [1.54, 1.807) is 30.6 Å². The molecule has 8 heteroatoms. The number of pyridine rings is 1. The van der Waals surface area contributed by atoms with E-state index in [1.165, 1.54) is 0 Å². The van der Waals surface area contributed by atoms with E-state index >= 15 is 0 Å². The Morgan fingerprint density at radius 1 is 0.923 bits per heavy atom. The molecule has 1 fully saturated rings. The Labute approximate surface area is 147 Å². The highest BCUT2D eigenvalue weighted by Gasteiger charge is 2.23. The summed E-state index contributed by atoms with van der Waals surface area (Å²) >= 11 is 0. The minimum Gasteiger partial charge on any atom is -0.351 e. The molecule has 1 aromatic carbocycles. The summed E-state index contributed by atoms with van der Waals surface area (Å²) in [6, 6.07) is 7.46. The maximum Gasteiger partial charge on any atom is 0.225 e. The Morgan fingerprint density at radius 3 is 2.42 bits per heavy atom. The smallest absolute Gasteiger partial charge is 0.225 e. The molecule has 26 heavy (non-hydrogen) atoms. The molecule has 0 unspecified atom stereocenters. The van der Waals surface area contributed by atoms with Gasteiger partial charge in [-0.05, 0) is 37.1 Å². The topological polar surface area (TPSA) is 62.7 Å². The van der Waals surface area contributed by atoms with Crippen LogP contribution < -0.4 is 10.6 Å². The Balaban J connectivity index is 1.71. The lowest BCUT2D eigenvalue weighted by molar-refractivity contribution is 0.449. The van der Waals surface area contributed by atoms with Gasteiger partial charge < -0.3 is 10.6 Å². The van der Waals surface area contributed by atoms with E-state index in [-0.39, 0.29) is 11.5 Å². The van der Waals surface area contributed by atoms with Gasteiger partial charge >= 0.3 is 0 Å². The molecule has 132 valence electrons. The predicted molar refractivity (Wildman–Crippen MR) is 91.5 cm³/mol. The first-order valence-electron chi connectivity index (χ1n) is 8.06. The molecule has 5 nitrogen and oxygen atoms in total. The Kier molecular flexibility index (Phi) is 4.16. The fourth-order valence-corrected chi connectivity index (χ4v) is 2.42. The molecule has 3 aromatic rings. The lowest BCUT2D eigenvalue weighted by atomic mass is 10.2. The molecule has 0 spiro atoms. The Hall–Kier alpha value is -3.16. The van der Waals surface area contributed by atoms with Gasteiger partial charge in [-0.1, -0.05) is 0 Å². The summed E-state index contributed by atoms with van der Waals surface area (Å²) < 4.78 is 40.5. The number of nitrogens with one attached hydrogen (secondary N) is 2. The van der Waals surface area contributed by atoms with Gasteiger partial charge in [0.15, 0.2) is 17.5 Å². The van der Waals surface area contributed by atoms with Crippen LogP contribution in [0.3, 0.4) is 0 Å². The summed E-state index contributed by atoms with van der Waals surface area (Å²) in [5.74, 6) is -3.43. The first-order valence-corrected chi connectivity index (χ1v) is 8.06. The minimum absolute atomic E-state index is 0.208. The summed E-state index contributed by atoms with van der Waals surface area (Å²) in [5, 5.41) is 5.88. The Morgan fingerprint density at radius 2 is 1.69 bits per heavy atom. The number of hydrogen-bond acceptors (Lipinski definition) is 5. The van der Waals surface area contributed by atoms with Crippen LogP contribution >= 0.6 is 0 Å². The van der Waals surface area contributed by atoms with E-state index in [0.29, 0.717) is 17.7 Å². The van der Waals surface area contributed by atoms with E-state index in [4.69, 9.17) is 0 Å². The minimum atomic E-state index is -1.53. The molecule has 0 aliphatic heterocycles. The monoisotopic (exact) mass is 357 g/mol. The van der Waals surface area contributed by atoms with Gasteiger partial charge in [-0.15, -0.1) is 0 Å². The third-order valence-electron chi connectivity index (χ3n) is 3.91. The molecule has 1 aliphatic rings. The number of hydrogen-bond donors (Lipinski definition) is 2. The first kappa shape index (κ1) is 16.3. The largest absolute Gasteiger partial charge is 0.351 e. The van der Waals surface area contributed by atoms with Gasteiger partial charge in [0.2, 0.25) is 5.95 Å². The lowest BCUT2D eigenvalue weighted by Gasteiger charge is -2.12. The molecule has 0 bridgehead atoms. The SMILES string of the molecule is Fc1ccc(Nc2cc(-c3ccncc3)nc(NC3CC3)n2)c(F)c1F. The molecule has 1 saturated carbocycles. The number of anilines is 3. The van der Waals surface area contributed by atoms with Crippen molar-refractivity contribution in [2.24, 2.45) is 0 Å². The molecule has 1 aliphatic carbocycles. The number of aromatic nitrogens is 3. The van der Waals surface area contributed by atoms with Gasteiger partial charge in [0.25, 0.3) is 0 Å². The van der Waals surface area contributed by atoms with Crippen LogP contribution in [-0.4, -0.2) is 21.0 Å². The number of rotatable bonds is 5. The summed E-state index contributed by atoms with van der Waals surface area (Å²) in [4.78, 5) is 12.7. The van der Waals surface area contributed by atoms with Crippen molar-refractivity contribution in [3.8, 4) is 11.3 Å². The summed E-state index contributed by atoms with van der Waals surface area (Å²) in [7, 11) is 0. The van der Waals surface area contributed by atoms with Crippen molar-refractivity contribution in [2.45, 2.75) is 18.9 Å². The zero-order valence-corrected chi connectivity index (χ0v) is 13.5. The average molecular weight is 357 g/mol. The van der Waals surface area contributed by atoms with Crippen LogP contribution in [0.4, 0.5) is 30.6 Å². The first-order chi connectivity index (χ1) is 12.6. The molecular formula is C18H14F3N5. The van der Waals surface area contributed by atoms with Gasteiger partial charge in [0, 0.05) is 30.1 Å². The number of benzene rings is 1. The third kappa shape index (κ3) is 3.44. The van der Waals surface area contributed by atoms with Crippen LogP contribution in [0.2, 0.25) is 0 Å². The fraction of sp³-hybridized carbons (Fsp3) is 0.167. The highest BCUT2D eigenvalue weighted by molar-refractivity contribution is 5.67. The van der Waals surface area contributed by atoms with Crippen molar-refractivity contribution >= 4 is 17.5 Å². The Bertz CT molecular complexity index is 945. The molecule has 0 saturated heterocycles. The highest BCUT2D eigenvalue weighted by Crippen LogP contribution is 2.28. The second-order valence-electron chi connectivity index (χ2n) is 5.96. The standard InChI is InChI=1S/C18H14F3N5/c19-12-3-4-13(17(21)16(12)20)24-15-9-14(10-5-7-22-8-6-10)25-18(26-15)23-11-1-2-11/h3-9,11H,1-2H2,(H2,23,24,25,26). The molecule has 2 N–H and O–H groups in total. The van der Waals surface area contributed by atoms with E-state index in [9.17, 15) is 13.2 Å². The van der Waals surface area contributed by atoms with Crippen molar-refractivity contribution in [1.29, 1.82) is 0 Å². The quantitative estimate of drug-likeness (QED) is 0.668. The van der Waals surface area contributed by atoms with Crippen LogP contribution in [-0.2, 0) is 0 Å². The maximum absolute atomic E-state index is 13.9. The highest BCUT2D eigenvalue weighted by atomic mass is 19.2. The van der Waals surface area contributed by atoms with Gasteiger partial charge in [0.05, 0.1) is 11.4 Å². The van der Waals surface area contributed by atoms with Crippen LogP contribution in [0.1, 0.15) is 12.8 Å². The molecule has 0 atom stereocenters. The molecular weight excluding hydrogens is 343 g/mol. The molecule has 0 radical (unpaired) electrons. The van der Waals surface area contributed by atoms with Gasteiger partial charge in [0.1, 0.15) is 5.82 Å². The summed E-state index contributed by atoms with van der Waals surface area (Å²) in [6.45, 7) is 0. The second kappa shape index (κ2) is 6.62. The molecule has 2 heterocycles. The summed E-state index contributed by atoms with van der Waals surface area (Å²) in [6.07, 6.45) is 5.33. The van der Waals surface area contributed by atoms with Gasteiger partial charge in [-0.2, -0.15) is 4.98 Å². The number of nitrogens with zero attached hydrogens (tertiary/aromatic N) is 3. The predicted octanol–water partition coefficient (Wildman–Crippen LogP) is 4.27. The zero-order valence-electron chi connectivity index (χ0n) is 13.5. The molecule has 4 rings (SSSR count). The van der Waals surface area contributed by atoms with E-state index < -0.39 is 17.5 Å². The summed E-state index contributed by atoms with van der Waals surface area (Å²) in [5.41, 5.74) is 1.19. The van der Waals surface area contributed by atoms with Gasteiger partial charge in [-0.25, -0.2) is 18.2 Å². The van der Waals surface area contributed by atoms with Gasteiger partial charge in [-0.3, -0.25) is 4.98 Å². The lowest BCUT2D eigenvalue weighted by Crippen LogP contribution is -2.08. The van der Waals surface area contributed by atoms with E-state index in [1.807, 2.05) is 0 Å². The van der Waals surface area contributed by atoms with Crippen LogP contribution in [0.5, 0.6) is 0 Å². The van der Waals surface area contributed by atoms with Crippen molar-refractivity contribution in [3.63, 3.8) is 0 Å². The van der Waals surface area contributed by atoms with Crippen LogP contribution in [0, 0.1) is 17.5 Å². The van der Waals surface area contributed by atoms with Crippen LogP contribution in [0.15, 0.2) is 42.7 Å². The van der Waals surface area contributed by atoms with Crippen molar-refractivity contribution in [3.05, 3.63) is 60.2 Å². The van der Waals surface area contributed by atoms with E-state index in [0.717, 1.165) is 30.5 Å². The molecule has 2 aromatic heterocycles. The normalized spacial score (nSPS) is 13.5. The maximum atomic E-state index is 13.9. The fourth-order valence-electron chi connectivity index (χ4n) is 2.42. The number of halogens is 3. The molecule has 0 amide bonds. The third-order valence-corrected chi connectivity index (χ3v) is 3.91. The zero-order chi connectivity index (χ0) is 18.1.